The van der Waals surface area contributed by atoms with Crippen LogP contribution in [-0.2, 0) is 22.6 Å². The van der Waals surface area contributed by atoms with Gasteiger partial charge >= 0.3 is 0 Å². The molecule has 2 aromatic carbocycles. The lowest BCUT2D eigenvalue weighted by Crippen LogP contribution is -2.47. The molecule has 0 radical (unpaired) electrons. The summed E-state index contributed by atoms with van der Waals surface area (Å²) in [5.41, 5.74) is 3.18. The van der Waals surface area contributed by atoms with Gasteiger partial charge in [0.05, 0.1) is 0 Å². The van der Waals surface area contributed by atoms with Crippen molar-refractivity contribution in [2.24, 2.45) is 0 Å². The highest BCUT2D eigenvalue weighted by atomic mass is 16.6. The molecule has 0 unspecified atom stereocenters. The van der Waals surface area contributed by atoms with Gasteiger partial charge in [0.15, 0.2) is 11.5 Å². The smallest absolute Gasteiger partial charge is 0.242 e. The van der Waals surface area contributed by atoms with Crippen LogP contribution in [0.1, 0.15) is 43.4 Å². The topological polar surface area (TPSA) is 67.9 Å². The van der Waals surface area contributed by atoms with E-state index in [2.05, 4.69) is 5.32 Å². The molecule has 0 aliphatic carbocycles. The second-order valence-corrected chi connectivity index (χ2v) is 7.95. The minimum Gasteiger partial charge on any atom is -0.486 e. The number of carbonyl (C=O) groups is 2. The molecule has 0 spiro atoms. The zero-order valence-electron chi connectivity index (χ0n) is 18.6. The van der Waals surface area contributed by atoms with Gasteiger partial charge < -0.3 is 19.7 Å². The van der Waals surface area contributed by atoms with Gasteiger partial charge in [-0.3, -0.25) is 9.59 Å². The summed E-state index contributed by atoms with van der Waals surface area (Å²) in [6, 6.07) is 13.3. The van der Waals surface area contributed by atoms with E-state index >= 15 is 0 Å². The molecule has 0 saturated carbocycles. The van der Waals surface area contributed by atoms with Gasteiger partial charge in [-0.2, -0.15) is 0 Å². The predicted octanol–water partition coefficient (Wildman–Crippen LogP) is 3.64. The molecule has 1 aliphatic heterocycles. The highest BCUT2D eigenvalue weighted by molar-refractivity contribution is 5.87. The van der Waals surface area contributed by atoms with E-state index in [1.165, 1.54) is 0 Å². The Labute approximate surface area is 184 Å². The minimum absolute atomic E-state index is 0.0467. The summed E-state index contributed by atoms with van der Waals surface area (Å²) in [6.07, 6.45) is 1.74. The zero-order valence-corrected chi connectivity index (χ0v) is 18.6. The van der Waals surface area contributed by atoms with Crippen LogP contribution >= 0.6 is 0 Å². The van der Waals surface area contributed by atoms with Crippen molar-refractivity contribution >= 4 is 11.8 Å². The molecule has 3 rings (SSSR count). The van der Waals surface area contributed by atoms with Gasteiger partial charge in [0.25, 0.3) is 0 Å². The fraction of sp³-hybridized carbons (Fsp3) is 0.440. The predicted molar refractivity (Wildman–Crippen MR) is 120 cm³/mol. The maximum absolute atomic E-state index is 13.2. The number of rotatable bonds is 9. The van der Waals surface area contributed by atoms with Crippen LogP contribution in [0.5, 0.6) is 11.5 Å². The van der Waals surface area contributed by atoms with Gasteiger partial charge in [0.2, 0.25) is 11.8 Å². The molecular weight excluding hydrogens is 392 g/mol. The maximum atomic E-state index is 13.2. The van der Waals surface area contributed by atoms with Crippen LogP contribution in [0.2, 0.25) is 0 Å². The normalized spacial score (nSPS) is 13.4. The van der Waals surface area contributed by atoms with E-state index in [0.717, 1.165) is 34.6 Å². The van der Waals surface area contributed by atoms with E-state index in [4.69, 9.17) is 9.47 Å². The van der Waals surface area contributed by atoms with Crippen molar-refractivity contribution in [3.63, 3.8) is 0 Å². The largest absolute Gasteiger partial charge is 0.486 e. The van der Waals surface area contributed by atoms with Gasteiger partial charge in [-0.05, 0) is 49.9 Å². The fourth-order valence-electron chi connectivity index (χ4n) is 3.51. The lowest BCUT2D eigenvalue weighted by atomic mass is 10.1. The van der Waals surface area contributed by atoms with Crippen LogP contribution < -0.4 is 14.8 Å². The molecule has 0 bridgehead atoms. The molecule has 0 fully saturated rings. The van der Waals surface area contributed by atoms with E-state index in [-0.39, 0.29) is 11.8 Å². The minimum atomic E-state index is -0.541. The number of nitrogens with zero attached hydrogens (tertiary/aromatic N) is 1. The number of hydrogen-bond acceptors (Lipinski definition) is 4. The number of nitrogens with one attached hydrogen (secondary N) is 1. The number of hydrogen-bond donors (Lipinski definition) is 1. The molecule has 6 nitrogen and oxygen atoms in total. The van der Waals surface area contributed by atoms with E-state index in [1.807, 2.05) is 56.3 Å². The van der Waals surface area contributed by atoms with Crippen LogP contribution in [0.15, 0.2) is 42.5 Å². The number of fused-ring (bicyclic) bond motifs is 1. The van der Waals surface area contributed by atoms with Crippen LogP contribution in [-0.4, -0.2) is 42.5 Å². The van der Waals surface area contributed by atoms with Gasteiger partial charge in [-0.15, -0.1) is 0 Å². The van der Waals surface area contributed by atoms with E-state index < -0.39 is 6.04 Å². The van der Waals surface area contributed by atoms with E-state index in [0.29, 0.717) is 39.1 Å². The zero-order chi connectivity index (χ0) is 22.2. The second-order valence-electron chi connectivity index (χ2n) is 7.95. The fourth-order valence-corrected chi connectivity index (χ4v) is 3.51. The average molecular weight is 425 g/mol. The number of ether oxygens (including phenoxy) is 2. The summed E-state index contributed by atoms with van der Waals surface area (Å²) in [4.78, 5) is 27.5. The number of carbonyl (C=O) groups excluding carboxylic acids is 2. The van der Waals surface area contributed by atoms with E-state index in [9.17, 15) is 9.59 Å². The third-order valence-corrected chi connectivity index (χ3v) is 5.42. The summed E-state index contributed by atoms with van der Waals surface area (Å²) < 4.78 is 11.2. The summed E-state index contributed by atoms with van der Waals surface area (Å²) in [5, 5.41) is 2.91. The Kier molecular flexibility index (Phi) is 7.93. The highest BCUT2D eigenvalue weighted by Gasteiger charge is 2.26. The van der Waals surface area contributed by atoms with Crippen molar-refractivity contribution in [2.75, 3.05) is 19.8 Å². The number of benzene rings is 2. The van der Waals surface area contributed by atoms with Crippen LogP contribution in [0.3, 0.4) is 0 Å². The van der Waals surface area contributed by atoms with Crippen LogP contribution in [0.4, 0.5) is 0 Å². The molecule has 166 valence electrons. The number of aryl methyl sites for hydroxylation is 2. The maximum Gasteiger partial charge on any atom is 0.242 e. The molecule has 2 aromatic rings. The first-order valence-corrected chi connectivity index (χ1v) is 11.0. The van der Waals surface area contributed by atoms with Gasteiger partial charge in [0, 0.05) is 19.5 Å². The second kappa shape index (κ2) is 10.8. The molecule has 6 heteroatoms. The Bertz CT molecular complexity index is 895. The molecule has 0 aromatic heterocycles. The molecule has 1 N–H and O–H groups in total. The first-order valence-electron chi connectivity index (χ1n) is 11.0. The van der Waals surface area contributed by atoms with Crippen LogP contribution in [0.25, 0.3) is 0 Å². The first-order chi connectivity index (χ1) is 15.0. The SMILES string of the molecule is CCCNC(=O)[C@@H](C)N(Cc1ccc(C)cc1)C(=O)CCc1ccc2c(c1)OCCO2. The highest BCUT2D eigenvalue weighted by Crippen LogP contribution is 2.31. The molecule has 1 atom stereocenters. The third-order valence-electron chi connectivity index (χ3n) is 5.42. The lowest BCUT2D eigenvalue weighted by Gasteiger charge is -2.29. The Balaban J connectivity index is 1.69. The quantitative estimate of drug-likeness (QED) is 0.667. The Morgan fingerprint density at radius 1 is 1.03 bits per heavy atom. The third kappa shape index (κ3) is 6.23. The summed E-state index contributed by atoms with van der Waals surface area (Å²) >= 11 is 0. The number of amides is 2. The Morgan fingerprint density at radius 3 is 2.42 bits per heavy atom. The van der Waals surface area contributed by atoms with Crippen molar-refractivity contribution in [2.45, 2.75) is 52.6 Å². The lowest BCUT2D eigenvalue weighted by molar-refractivity contribution is -0.140. The van der Waals surface area contributed by atoms with Crippen LogP contribution in [0, 0.1) is 6.92 Å². The molecule has 0 saturated heterocycles. The van der Waals surface area contributed by atoms with Crippen molar-refractivity contribution < 1.29 is 19.1 Å². The molecule has 2 amide bonds. The Hall–Kier alpha value is -3.02. The van der Waals surface area contributed by atoms with Gasteiger partial charge in [-0.25, -0.2) is 0 Å². The van der Waals surface area contributed by atoms with Gasteiger partial charge in [0.1, 0.15) is 19.3 Å². The van der Waals surface area contributed by atoms with E-state index in [1.54, 1.807) is 11.8 Å². The van der Waals surface area contributed by atoms with Crippen molar-refractivity contribution in [3.8, 4) is 11.5 Å². The Morgan fingerprint density at radius 2 is 1.71 bits per heavy atom. The molecular formula is C25H32N2O4. The van der Waals surface area contributed by atoms with Crippen molar-refractivity contribution in [1.29, 1.82) is 0 Å². The first kappa shape index (κ1) is 22.7. The van der Waals surface area contributed by atoms with Crippen molar-refractivity contribution in [3.05, 3.63) is 59.2 Å². The standard InChI is InChI=1S/C25H32N2O4/c1-4-13-26-25(29)19(3)27(17-21-7-5-18(2)6-8-21)24(28)12-10-20-9-11-22-23(16-20)31-15-14-30-22/h5-9,11,16,19H,4,10,12-15,17H2,1-3H3,(H,26,29)/t19-/m1/s1. The summed E-state index contributed by atoms with van der Waals surface area (Å²) in [6.45, 7) is 7.92. The van der Waals surface area contributed by atoms with Crippen molar-refractivity contribution in [1.82, 2.24) is 10.2 Å². The summed E-state index contributed by atoms with van der Waals surface area (Å²) in [5.74, 6) is 1.29. The average Bonchev–Trinajstić information content (AvgIpc) is 2.80. The molecule has 1 heterocycles. The van der Waals surface area contributed by atoms with Gasteiger partial charge in [-0.1, -0.05) is 42.8 Å². The molecule has 31 heavy (non-hydrogen) atoms. The summed E-state index contributed by atoms with van der Waals surface area (Å²) in [7, 11) is 0. The molecule has 1 aliphatic rings. The monoisotopic (exact) mass is 424 g/mol.